The molecule has 8 nitrogen and oxygen atoms in total. The van der Waals surface area contributed by atoms with Crippen LogP contribution in [0.1, 0.15) is 50.9 Å². The van der Waals surface area contributed by atoms with Crippen molar-refractivity contribution < 1.29 is 27.3 Å². The molecule has 0 saturated heterocycles. The molecule has 29 heavy (non-hydrogen) atoms. The van der Waals surface area contributed by atoms with E-state index in [2.05, 4.69) is 36.1 Å². The van der Waals surface area contributed by atoms with Crippen LogP contribution in [0.25, 0.3) is 0 Å². The topological polar surface area (TPSA) is 122 Å². The van der Waals surface area contributed by atoms with Crippen molar-refractivity contribution in [3.8, 4) is 0 Å². The lowest BCUT2D eigenvalue weighted by molar-refractivity contribution is -0.120. The number of benzene rings is 1. The molecule has 1 amide bonds. The highest BCUT2D eigenvalue weighted by molar-refractivity contribution is 7.85. The summed E-state index contributed by atoms with van der Waals surface area (Å²) in [6.45, 7) is 8.92. The van der Waals surface area contributed by atoms with Crippen LogP contribution in [0.3, 0.4) is 0 Å². The Morgan fingerprint density at radius 2 is 1.86 bits per heavy atom. The predicted molar refractivity (Wildman–Crippen MR) is 110 cm³/mol. The van der Waals surface area contributed by atoms with Crippen LogP contribution >= 0.6 is 0 Å². The maximum Gasteiger partial charge on any atom is 0.339 e. The number of anilines is 1. The quantitative estimate of drug-likeness (QED) is 0.453. The van der Waals surface area contributed by atoms with Gasteiger partial charge >= 0.3 is 16.1 Å². The van der Waals surface area contributed by atoms with E-state index in [9.17, 15) is 18.0 Å². The Hall–Kier alpha value is -2.13. The first-order valence-corrected chi connectivity index (χ1v) is 11.2. The molecule has 2 rings (SSSR count). The van der Waals surface area contributed by atoms with Gasteiger partial charge in [0.1, 0.15) is 0 Å². The molecule has 0 bridgehead atoms. The molecule has 1 fully saturated rings. The van der Waals surface area contributed by atoms with E-state index >= 15 is 0 Å². The molecular formula is C20H30N2O6S. The molecule has 0 aromatic heterocycles. The Bertz CT molecular complexity index is 835. The average Bonchev–Trinajstić information content (AvgIpc) is 2.61. The van der Waals surface area contributed by atoms with E-state index in [1.54, 1.807) is 19.1 Å². The third-order valence-corrected chi connectivity index (χ3v) is 6.16. The van der Waals surface area contributed by atoms with Gasteiger partial charge in [-0.2, -0.15) is 8.42 Å². The Labute approximate surface area is 172 Å². The fourth-order valence-electron chi connectivity index (χ4n) is 4.06. The minimum atomic E-state index is -4.37. The zero-order valence-corrected chi connectivity index (χ0v) is 18.1. The van der Waals surface area contributed by atoms with Crippen LogP contribution in [0.15, 0.2) is 24.3 Å². The van der Waals surface area contributed by atoms with Crippen molar-refractivity contribution in [2.24, 2.45) is 17.3 Å². The minimum Gasteiger partial charge on any atom is -0.443 e. The molecule has 1 aromatic carbocycles. The minimum absolute atomic E-state index is 0.00950. The Balaban J connectivity index is 1.98. The van der Waals surface area contributed by atoms with Gasteiger partial charge in [0.2, 0.25) is 11.8 Å². The number of hydrogen-bond acceptors (Lipinski definition) is 6. The Morgan fingerprint density at radius 1 is 1.24 bits per heavy atom. The molecule has 3 unspecified atom stereocenters. The van der Waals surface area contributed by atoms with Crippen molar-refractivity contribution in [2.45, 2.75) is 46.6 Å². The third-order valence-electron chi connectivity index (χ3n) is 5.75. The largest absolute Gasteiger partial charge is 0.443 e. The zero-order chi connectivity index (χ0) is 21.8. The van der Waals surface area contributed by atoms with Crippen molar-refractivity contribution in [3.63, 3.8) is 0 Å². The van der Waals surface area contributed by atoms with Crippen LogP contribution < -0.4 is 10.6 Å². The second-order valence-corrected chi connectivity index (χ2v) is 9.79. The fourth-order valence-corrected chi connectivity index (χ4v) is 4.31. The van der Waals surface area contributed by atoms with Crippen LogP contribution in [-0.2, 0) is 19.6 Å². The molecule has 9 heteroatoms. The number of nitrogens with one attached hydrogen (secondary N) is 2. The summed E-state index contributed by atoms with van der Waals surface area (Å²) in [5, 5.41) is 6.46. The lowest BCUT2D eigenvalue weighted by atomic mass is 9.62. The third kappa shape index (κ3) is 6.71. The van der Waals surface area contributed by atoms with E-state index in [0.717, 1.165) is 25.1 Å². The van der Waals surface area contributed by atoms with E-state index in [4.69, 9.17) is 4.55 Å². The molecule has 162 valence electrons. The van der Waals surface area contributed by atoms with Crippen LogP contribution in [0.4, 0.5) is 5.69 Å². The smallest absolute Gasteiger partial charge is 0.339 e. The summed E-state index contributed by atoms with van der Waals surface area (Å²) in [6.07, 6.45) is 1.98. The number of amides is 1. The van der Waals surface area contributed by atoms with Crippen LogP contribution in [0.5, 0.6) is 0 Å². The van der Waals surface area contributed by atoms with Gasteiger partial charge < -0.3 is 15.4 Å². The molecule has 1 aromatic rings. The highest BCUT2D eigenvalue weighted by Crippen LogP contribution is 2.44. The normalized spacial score (nSPS) is 23.8. The molecule has 3 N–H and O–H groups in total. The molecule has 0 radical (unpaired) electrons. The maximum absolute atomic E-state index is 11.8. The molecular weight excluding hydrogens is 396 g/mol. The molecule has 3 atom stereocenters. The summed E-state index contributed by atoms with van der Waals surface area (Å²) >= 11 is 0. The van der Waals surface area contributed by atoms with Gasteiger partial charge in [-0.05, 0) is 54.4 Å². The molecule has 0 aliphatic heterocycles. The van der Waals surface area contributed by atoms with Gasteiger partial charge in [-0.15, -0.1) is 0 Å². The lowest BCUT2D eigenvalue weighted by Gasteiger charge is -2.47. The highest BCUT2D eigenvalue weighted by atomic mass is 32.2. The summed E-state index contributed by atoms with van der Waals surface area (Å²) in [5.41, 5.74) is 1.14. The van der Waals surface area contributed by atoms with Crippen molar-refractivity contribution in [1.29, 1.82) is 0 Å². The van der Waals surface area contributed by atoms with Gasteiger partial charge in [0.25, 0.3) is 0 Å². The molecule has 1 aliphatic rings. The summed E-state index contributed by atoms with van der Waals surface area (Å²) in [4.78, 5) is 23.3. The molecule has 0 spiro atoms. The summed E-state index contributed by atoms with van der Waals surface area (Å²) in [6, 6.07) is 6.66. The van der Waals surface area contributed by atoms with Gasteiger partial charge in [-0.1, -0.05) is 20.8 Å². The second-order valence-electron chi connectivity index (χ2n) is 8.39. The SMILES string of the molecule is CC(=O)NC1CCC(C)(C)C(CNc2ccc(C(=O)OCS(=O)(=O)O)cc2)C1C. The molecule has 1 saturated carbocycles. The van der Waals surface area contributed by atoms with Crippen molar-refractivity contribution in [3.05, 3.63) is 29.8 Å². The lowest BCUT2D eigenvalue weighted by Crippen LogP contribution is -2.50. The van der Waals surface area contributed by atoms with Crippen molar-refractivity contribution in [1.82, 2.24) is 5.32 Å². The fraction of sp³-hybridized carbons (Fsp3) is 0.600. The first kappa shape index (κ1) is 23.2. The molecule has 0 heterocycles. The van der Waals surface area contributed by atoms with E-state index in [0.29, 0.717) is 11.8 Å². The summed E-state index contributed by atoms with van der Waals surface area (Å²) < 4.78 is 34.5. The predicted octanol–water partition coefficient (Wildman–Crippen LogP) is 2.68. The van der Waals surface area contributed by atoms with E-state index in [-0.39, 0.29) is 22.9 Å². The second kappa shape index (κ2) is 9.13. The maximum atomic E-state index is 11.8. The Morgan fingerprint density at radius 3 is 2.41 bits per heavy atom. The number of carbonyl (C=O) groups is 2. The van der Waals surface area contributed by atoms with Crippen LogP contribution in [-0.4, -0.2) is 43.4 Å². The Kier molecular flexibility index (Phi) is 7.29. The first-order chi connectivity index (χ1) is 13.4. The number of esters is 1. The van der Waals surface area contributed by atoms with E-state index in [1.807, 2.05) is 0 Å². The van der Waals surface area contributed by atoms with Crippen molar-refractivity contribution in [2.75, 3.05) is 17.8 Å². The monoisotopic (exact) mass is 426 g/mol. The summed E-state index contributed by atoms with van der Waals surface area (Å²) in [5.74, 6) is -1.26. The number of carbonyl (C=O) groups excluding carboxylic acids is 2. The number of hydrogen-bond donors (Lipinski definition) is 3. The van der Waals surface area contributed by atoms with E-state index in [1.165, 1.54) is 12.1 Å². The summed E-state index contributed by atoms with van der Waals surface area (Å²) in [7, 11) is -4.37. The zero-order valence-electron chi connectivity index (χ0n) is 17.3. The van der Waals surface area contributed by atoms with E-state index < -0.39 is 22.0 Å². The average molecular weight is 427 g/mol. The van der Waals surface area contributed by atoms with Gasteiger partial charge in [0, 0.05) is 25.2 Å². The highest BCUT2D eigenvalue weighted by Gasteiger charge is 2.41. The number of ether oxygens (including phenoxy) is 1. The van der Waals surface area contributed by atoms with Gasteiger partial charge in [-0.3, -0.25) is 9.35 Å². The first-order valence-electron chi connectivity index (χ1n) is 9.62. The standard InChI is InChI=1S/C20H30N2O6S/c1-13-17(20(3,4)10-9-18(13)22-14(2)23)11-21-16-7-5-15(6-8-16)19(24)28-12-29(25,26)27/h5-8,13,17-18,21H,9-12H2,1-4H3,(H,22,23)(H,25,26,27). The van der Waals surface area contributed by atoms with Crippen molar-refractivity contribution >= 4 is 27.7 Å². The molecule has 1 aliphatic carbocycles. The van der Waals surface area contributed by atoms with Gasteiger partial charge in [0.15, 0.2) is 0 Å². The number of rotatable bonds is 7. The van der Waals surface area contributed by atoms with Gasteiger partial charge in [0.05, 0.1) is 5.56 Å². The van der Waals surface area contributed by atoms with Crippen LogP contribution in [0, 0.1) is 17.3 Å². The van der Waals surface area contributed by atoms with Gasteiger partial charge in [-0.25, -0.2) is 4.79 Å². The van der Waals surface area contributed by atoms with Crippen LogP contribution in [0.2, 0.25) is 0 Å².